The summed E-state index contributed by atoms with van der Waals surface area (Å²) < 4.78 is 93.0. The van der Waals surface area contributed by atoms with Crippen LogP contribution in [0.5, 0.6) is 0 Å². The van der Waals surface area contributed by atoms with Gasteiger partial charge >= 0.3 is 6.18 Å². The molecule has 0 amide bonds. The fourth-order valence-corrected chi connectivity index (χ4v) is 5.81. The second kappa shape index (κ2) is 10.4. The summed E-state index contributed by atoms with van der Waals surface area (Å²) in [7, 11) is -7.77. The van der Waals surface area contributed by atoms with Gasteiger partial charge in [-0.1, -0.05) is 30.4 Å². The number of sulfone groups is 1. The van der Waals surface area contributed by atoms with Crippen LogP contribution in [0.2, 0.25) is 0 Å². The maximum Gasteiger partial charge on any atom is 0.416 e. The Morgan fingerprint density at radius 3 is 2.27 bits per heavy atom. The predicted octanol–water partition coefficient (Wildman–Crippen LogP) is 3.47. The minimum absolute atomic E-state index is 0.0515. The van der Waals surface area contributed by atoms with E-state index in [1.54, 1.807) is 6.07 Å². The van der Waals surface area contributed by atoms with E-state index in [0.29, 0.717) is 6.07 Å². The van der Waals surface area contributed by atoms with E-state index in [1.807, 2.05) is 0 Å². The van der Waals surface area contributed by atoms with E-state index in [4.69, 9.17) is 0 Å². The monoisotopic (exact) mass is 502 g/mol. The summed E-state index contributed by atoms with van der Waals surface area (Å²) in [6.07, 6.45) is -0.961. The fraction of sp³-hybridized carbons (Fsp3) is 0.364. The van der Waals surface area contributed by atoms with E-state index in [1.165, 1.54) is 24.3 Å². The highest BCUT2D eigenvalue weighted by molar-refractivity contribution is 7.91. The summed E-state index contributed by atoms with van der Waals surface area (Å²) in [6, 6.07) is 9.86. The van der Waals surface area contributed by atoms with E-state index in [2.05, 4.69) is 10.0 Å². The third kappa shape index (κ3) is 6.89. The molecule has 11 heteroatoms. The van der Waals surface area contributed by atoms with Crippen molar-refractivity contribution >= 4 is 25.9 Å². The molecule has 2 aromatic carbocycles. The number of alkyl halides is 3. The van der Waals surface area contributed by atoms with Gasteiger partial charge < -0.3 is 5.32 Å². The number of rotatable bonds is 8. The van der Waals surface area contributed by atoms with E-state index < -0.39 is 42.9 Å². The highest BCUT2D eigenvalue weighted by Gasteiger charge is 2.33. The molecule has 1 fully saturated rings. The van der Waals surface area contributed by atoms with Gasteiger partial charge in [0, 0.05) is 6.54 Å². The standard InChI is InChI=1S/C22H25F3N2O4S2/c23-22(24,25)21-9-8-20(33(30,31)19-6-2-1-3-7-19)15-18(21)5-4-14-32(28,29)27-16-17-10-12-26-13-11-17/h1-9,15,17,26-27H,10-14,16H2. The Labute approximate surface area is 191 Å². The minimum atomic E-state index is -4.74. The summed E-state index contributed by atoms with van der Waals surface area (Å²) in [5.41, 5.74) is -1.47. The molecule has 0 radical (unpaired) electrons. The second-order valence-electron chi connectivity index (χ2n) is 7.79. The smallest absolute Gasteiger partial charge is 0.317 e. The molecule has 0 unspecified atom stereocenters. The van der Waals surface area contributed by atoms with Gasteiger partial charge in [0.1, 0.15) is 0 Å². The molecule has 0 atom stereocenters. The topological polar surface area (TPSA) is 92.3 Å². The molecule has 2 N–H and O–H groups in total. The van der Waals surface area contributed by atoms with Crippen LogP contribution in [0.15, 0.2) is 64.4 Å². The highest BCUT2D eigenvalue weighted by atomic mass is 32.2. The minimum Gasteiger partial charge on any atom is -0.317 e. The van der Waals surface area contributed by atoms with Gasteiger partial charge in [0.05, 0.1) is 21.1 Å². The molecular weight excluding hydrogens is 477 g/mol. The number of hydrogen-bond donors (Lipinski definition) is 2. The Kier molecular flexibility index (Phi) is 7.99. The van der Waals surface area contributed by atoms with Crippen LogP contribution < -0.4 is 10.0 Å². The number of halogens is 3. The molecule has 3 rings (SSSR count). The lowest BCUT2D eigenvalue weighted by molar-refractivity contribution is -0.137. The van der Waals surface area contributed by atoms with Gasteiger partial charge in [0.25, 0.3) is 0 Å². The summed E-state index contributed by atoms with van der Waals surface area (Å²) in [5.74, 6) is -0.313. The predicted molar refractivity (Wildman–Crippen MR) is 120 cm³/mol. The molecule has 0 spiro atoms. The van der Waals surface area contributed by atoms with Crippen LogP contribution in [0.4, 0.5) is 13.2 Å². The molecule has 1 aliphatic rings. The van der Waals surface area contributed by atoms with Crippen molar-refractivity contribution in [2.75, 3.05) is 25.4 Å². The molecule has 1 aliphatic heterocycles. The van der Waals surface area contributed by atoms with Crippen molar-refractivity contribution in [3.63, 3.8) is 0 Å². The maximum absolute atomic E-state index is 13.5. The third-order valence-electron chi connectivity index (χ3n) is 5.36. The lowest BCUT2D eigenvalue weighted by atomic mass is 9.99. The molecule has 0 bridgehead atoms. The van der Waals surface area contributed by atoms with Crippen molar-refractivity contribution in [3.8, 4) is 0 Å². The van der Waals surface area contributed by atoms with Gasteiger partial charge in [-0.3, -0.25) is 0 Å². The third-order valence-corrected chi connectivity index (χ3v) is 8.36. The molecule has 0 aliphatic carbocycles. The zero-order valence-electron chi connectivity index (χ0n) is 17.7. The van der Waals surface area contributed by atoms with Crippen LogP contribution in [-0.4, -0.2) is 42.2 Å². The van der Waals surface area contributed by atoms with E-state index in [0.717, 1.165) is 50.2 Å². The van der Waals surface area contributed by atoms with Crippen molar-refractivity contribution in [1.82, 2.24) is 10.0 Å². The van der Waals surface area contributed by atoms with Gasteiger partial charge in [-0.15, -0.1) is 0 Å². The van der Waals surface area contributed by atoms with Crippen LogP contribution >= 0.6 is 0 Å². The van der Waals surface area contributed by atoms with Crippen LogP contribution in [0.3, 0.4) is 0 Å². The van der Waals surface area contributed by atoms with Crippen molar-refractivity contribution in [2.24, 2.45) is 5.92 Å². The molecule has 0 saturated carbocycles. The van der Waals surface area contributed by atoms with E-state index >= 15 is 0 Å². The number of benzene rings is 2. The summed E-state index contributed by atoms with van der Waals surface area (Å²) >= 11 is 0. The zero-order chi connectivity index (χ0) is 24.1. The molecule has 180 valence electrons. The van der Waals surface area contributed by atoms with E-state index in [9.17, 15) is 30.0 Å². The van der Waals surface area contributed by atoms with Gasteiger partial charge in [-0.2, -0.15) is 13.2 Å². The number of nitrogens with one attached hydrogen (secondary N) is 2. The largest absolute Gasteiger partial charge is 0.416 e. The van der Waals surface area contributed by atoms with Gasteiger partial charge in [-0.25, -0.2) is 21.6 Å². The first-order chi connectivity index (χ1) is 15.5. The van der Waals surface area contributed by atoms with Gasteiger partial charge in [-0.05, 0) is 67.7 Å². The first kappa shape index (κ1) is 25.4. The summed E-state index contributed by atoms with van der Waals surface area (Å²) in [5, 5.41) is 3.18. The second-order valence-corrected chi connectivity index (χ2v) is 11.6. The number of hydrogen-bond acceptors (Lipinski definition) is 5. The Bertz CT molecular complexity index is 1190. The average Bonchev–Trinajstić information content (AvgIpc) is 2.78. The maximum atomic E-state index is 13.5. The molecular formula is C22H25F3N2O4S2. The van der Waals surface area contributed by atoms with Crippen LogP contribution in [-0.2, 0) is 26.0 Å². The Morgan fingerprint density at radius 1 is 0.970 bits per heavy atom. The lowest BCUT2D eigenvalue weighted by Gasteiger charge is -2.22. The Morgan fingerprint density at radius 2 is 1.64 bits per heavy atom. The van der Waals surface area contributed by atoms with Crippen molar-refractivity contribution in [2.45, 2.75) is 28.8 Å². The quantitative estimate of drug-likeness (QED) is 0.577. The average molecular weight is 503 g/mol. The molecule has 6 nitrogen and oxygen atoms in total. The summed E-state index contributed by atoms with van der Waals surface area (Å²) in [4.78, 5) is -0.363. The van der Waals surface area contributed by atoms with Crippen molar-refractivity contribution < 1.29 is 30.0 Å². The molecule has 2 aromatic rings. The van der Waals surface area contributed by atoms with Gasteiger partial charge in [0.15, 0.2) is 0 Å². The molecule has 1 heterocycles. The highest BCUT2D eigenvalue weighted by Crippen LogP contribution is 2.34. The van der Waals surface area contributed by atoms with Crippen LogP contribution in [0.25, 0.3) is 6.08 Å². The first-order valence-corrected chi connectivity index (χ1v) is 13.5. The molecule has 0 aromatic heterocycles. The first-order valence-electron chi connectivity index (χ1n) is 10.3. The van der Waals surface area contributed by atoms with Crippen molar-refractivity contribution in [1.29, 1.82) is 0 Å². The van der Waals surface area contributed by atoms with Crippen molar-refractivity contribution in [3.05, 3.63) is 65.7 Å². The number of piperidine rings is 1. The van der Waals surface area contributed by atoms with E-state index in [-0.39, 0.29) is 22.3 Å². The summed E-state index contributed by atoms with van der Waals surface area (Å²) in [6.45, 7) is 1.90. The van der Waals surface area contributed by atoms with Crippen LogP contribution in [0.1, 0.15) is 24.0 Å². The molecule has 1 saturated heterocycles. The normalized spacial score (nSPS) is 16.3. The Hall–Kier alpha value is -2.21. The Balaban J connectivity index is 1.81. The molecule has 33 heavy (non-hydrogen) atoms. The zero-order valence-corrected chi connectivity index (χ0v) is 19.3. The SMILES string of the molecule is O=S(=O)(CC=Cc1cc(S(=O)(=O)c2ccccc2)ccc1C(F)(F)F)NCC1CCNCC1. The fourth-order valence-electron chi connectivity index (χ4n) is 3.53. The number of sulfonamides is 1. The van der Waals surface area contributed by atoms with Gasteiger partial charge in [0.2, 0.25) is 19.9 Å². The lowest BCUT2D eigenvalue weighted by Crippen LogP contribution is -2.36. The van der Waals surface area contributed by atoms with Crippen LogP contribution in [0, 0.1) is 5.92 Å².